The van der Waals surface area contributed by atoms with Crippen LogP contribution in [0.4, 0.5) is 5.69 Å². The van der Waals surface area contributed by atoms with E-state index >= 15 is 0 Å². The van der Waals surface area contributed by atoms with Crippen molar-refractivity contribution in [1.29, 1.82) is 0 Å². The third kappa shape index (κ3) is 3.19. The quantitative estimate of drug-likeness (QED) is 0.668. The van der Waals surface area contributed by atoms with Crippen molar-refractivity contribution in [3.8, 4) is 0 Å². The summed E-state index contributed by atoms with van der Waals surface area (Å²) in [5.74, 6) is -0.869. The molecule has 0 saturated heterocycles. The van der Waals surface area contributed by atoms with E-state index in [1.807, 2.05) is 6.92 Å². The van der Waals surface area contributed by atoms with Crippen molar-refractivity contribution in [2.45, 2.75) is 58.9 Å². The highest BCUT2D eigenvalue weighted by Gasteiger charge is 2.50. The fourth-order valence-corrected chi connectivity index (χ4v) is 3.35. The molecule has 1 atom stereocenters. The Hall–Kier alpha value is -2.04. The summed E-state index contributed by atoms with van der Waals surface area (Å²) in [5, 5.41) is 1.26. The van der Waals surface area contributed by atoms with Gasteiger partial charge in [0.05, 0.1) is 11.1 Å². The normalized spacial score (nSPS) is 23.1. The number of rotatable bonds is 2. The fourth-order valence-electron chi connectivity index (χ4n) is 3.35. The molecule has 2 N–H and O–H groups in total. The van der Waals surface area contributed by atoms with Crippen LogP contribution in [0, 0.1) is 5.41 Å². The van der Waals surface area contributed by atoms with Crippen molar-refractivity contribution in [2.75, 3.05) is 5.73 Å². The minimum Gasteiger partial charge on any atom is -0.398 e. The number of benzene rings is 1. The summed E-state index contributed by atoms with van der Waals surface area (Å²) in [6.07, 6.45) is 3.91. The molecule has 1 amide bonds. The zero-order valence-electron chi connectivity index (χ0n) is 14.4. The van der Waals surface area contributed by atoms with Gasteiger partial charge in [-0.05, 0) is 37.3 Å². The molecule has 23 heavy (non-hydrogen) atoms. The van der Waals surface area contributed by atoms with Crippen LogP contribution in [0.15, 0.2) is 24.3 Å². The number of amides is 1. The summed E-state index contributed by atoms with van der Waals surface area (Å²) in [5.41, 5.74) is 5.78. The van der Waals surface area contributed by atoms with E-state index in [0.29, 0.717) is 5.69 Å². The molecule has 0 heterocycles. The van der Waals surface area contributed by atoms with Crippen molar-refractivity contribution < 1.29 is 14.4 Å². The molecule has 0 aromatic heterocycles. The molecular weight excluding hydrogens is 292 g/mol. The van der Waals surface area contributed by atoms with Crippen LogP contribution in [0.1, 0.15) is 63.7 Å². The van der Waals surface area contributed by atoms with Crippen LogP contribution in [0.25, 0.3) is 0 Å². The Kier molecular flexibility index (Phi) is 4.68. The van der Waals surface area contributed by atoms with Gasteiger partial charge < -0.3 is 10.6 Å². The van der Waals surface area contributed by atoms with Gasteiger partial charge in [-0.25, -0.2) is 4.79 Å². The first-order chi connectivity index (χ1) is 10.7. The molecule has 0 spiro atoms. The van der Waals surface area contributed by atoms with E-state index in [-0.39, 0.29) is 16.9 Å². The Balaban J connectivity index is 2.31. The molecule has 0 radical (unpaired) electrons. The molecule has 0 bridgehead atoms. The second-order valence-electron chi connectivity index (χ2n) is 7.14. The molecule has 5 heteroatoms. The third-order valence-corrected chi connectivity index (χ3v) is 5.26. The lowest BCUT2D eigenvalue weighted by Crippen LogP contribution is -2.59. The van der Waals surface area contributed by atoms with Gasteiger partial charge in [-0.1, -0.05) is 38.8 Å². The highest BCUT2D eigenvalue weighted by Crippen LogP contribution is 2.47. The number of nitrogen functional groups attached to an aromatic ring is 1. The fraction of sp³-hybridized carbons (Fsp3) is 0.556. The lowest BCUT2D eigenvalue weighted by atomic mass is 9.64. The summed E-state index contributed by atoms with van der Waals surface area (Å²) in [7, 11) is 0. The minimum atomic E-state index is -0.596. The number of carbonyl (C=O) groups is 2. The maximum absolute atomic E-state index is 12.5. The highest BCUT2D eigenvalue weighted by atomic mass is 16.7. The number of hydroxylamine groups is 2. The van der Waals surface area contributed by atoms with Gasteiger partial charge in [0.1, 0.15) is 0 Å². The van der Waals surface area contributed by atoms with Gasteiger partial charge in [-0.3, -0.25) is 4.79 Å². The number of para-hydroxylation sites is 1. The molecule has 126 valence electrons. The average Bonchev–Trinajstić information content (AvgIpc) is 2.47. The summed E-state index contributed by atoms with van der Waals surface area (Å²) in [6.45, 7) is 7.66. The Morgan fingerprint density at radius 2 is 1.74 bits per heavy atom. The Labute approximate surface area is 137 Å². The second kappa shape index (κ2) is 6.22. The molecule has 1 aliphatic rings. The highest BCUT2D eigenvalue weighted by molar-refractivity contribution is 5.95. The largest absolute Gasteiger partial charge is 0.398 e. The average molecular weight is 318 g/mol. The summed E-state index contributed by atoms with van der Waals surface area (Å²) in [6, 6.07) is 6.71. The Bertz CT molecular complexity index is 612. The van der Waals surface area contributed by atoms with Crippen LogP contribution < -0.4 is 5.73 Å². The monoisotopic (exact) mass is 318 g/mol. The maximum Gasteiger partial charge on any atom is 0.365 e. The van der Waals surface area contributed by atoms with Gasteiger partial charge in [-0.2, -0.15) is 5.06 Å². The molecule has 2 rings (SSSR count). The standard InChI is InChI=1S/C18H26N2O3/c1-13(21)20(18(4)12-8-7-11-17(18,2)3)23-16(22)14-9-5-6-10-15(14)19/h5-6,9-10H,7-8,11-12,19H2,1-4H3. The van der Waals surface area contributed by atoms with E-state index in [0.717, 1.165) is 25.7 Å². The van der Waals surface area contributed by atoms with Crippen LogP contribution in [0.5, 0.6) is 0 Å². The molecule has 5 nitrogen and oxygen atoms in total. The lowest BCUT2D eigenvalue weighted by molar-refractivity contribution is -0.217. The Morgan fingerprint density at radius 3 is 2.30 bits per heavy atom. The van der Waals surface area contributed by atoms with Gasteiger partial charge in [-0.15, -0.1) is 0 Å². The topological polar surface area (TPSA) is 72.6 Å². The predicted molar refractivity (Wildman–Crippen MR) is 89.4 cm³/mol. The van der Waals surface area contributed by atoms with Crippen molar-refractivity contribution in [3.05, 3.63) is 29.8 Å². The Morgan fingerprint density at radius 1 is 1.13 bits per heavy atom. The number of nitrogens with zero attached hydrogens (tertiary/aromatic N) is 1. The van der Waals surface area contributed by atoms with E-state index in [2.05, 4.69) is 13.8 Å². The zero-order chi connectivity index (χ0) is 17.3. The first-order valence-electron chi connectivity index (χ1n) is 8.07. The van der Waals surface area contributed by atoms with Gasteiger partial charge in [0.2, 0.25) is 0 Å². The lowest BCUT2D eigenvalue weighted by Gasteiger charge is -2.52. The number of nitrogens with two attached hydrogens (primary N) is 1. The predicted octanol–water partition coefficient (Wildman–Crippen LogP) is 3.55. The van der Waals surface area contributed by atoms with Gasteiger partial charge in [0, 0.05) is 12.6 Å². The second-order valence-corrected chi connectivity index (χ2v) is 7.14. The number of hydrogen-bond donors (Lipinski definition) is 1. The molecule has 1 fully saturated rings. The molecule has 0 aliphatic heterocycles. The molecule has 1 aliphatic carbocycles. The van der Waals surface area contributed by atoms with Gasteiger partial charge in [0.15, 0.2) is 0 Å². The molecule has 1 aromatic rings. The SMILES string of the molecule is CC(=O)N(OC(=O)c1ccccc1N)C1(C)CCCCC1(C)C. The van der Waals surface area contributed by atoms with E-state index in [9.17, 15) is 9.59 Å². The molecule has 1 aromatic carbocycles. The third-order valence-electron chi connectivity index (χ3n) is 5.26. The van der Waals surface area contributed by atoms with E-state index in [1.165, 1.54) is 12.0 Å². The number of hydrogen-bond acceptors (Lipinski definition) is 4. The van der Waals surface area contributed by atoms with E-state index in [4.69, 9.17) is 10.6 Å². The number of carbonyl (C=O) groups excluding carboxylic acids is 2. The van der Waals surface area contributed by atoms with Gasteiger partial charge in [0.25, 0.3) is 5.91 Å². The van der Waals surface area contributed by atoms with Crippen LogP contribution >= 0.6 is 0 Å². The van der Waals surface area contributed by atoms with Gasteiger partial charge >= 0.3 is 5.97 Å². The van der Waals surface area contributed by atoms with Crippen LogP contribution in [0.2, 0.25) is 0 Å². The summed E-state index contributed by atoms with van der Waals surface area (Å²) < 4.78 is 0. The van der Waals surface area contributed by atoms with Crippen LogP contribution in [-0.2, 0) is 9.63 Å². The summed E-state index contributed by atoms with van der Waals surface area (Å²) >= 11 is 0. The first kappa shape index (κ1) is 17.3. The first-order valence-corrected chi connectivity index (χ1v) is 8.07. The summed E-state index contributed by atoms with van der Waals surface area (Å²) in [4.78, 5) is 30.2. The van der Waals surface area contributed by atoms with Crippen molar-refractivity contribution >= 4 is 17.6 Å². The number of anilines is 1. The van der Waals surface area contributed by atoms with Crippen LogP contribution in [0.3, 0.4) is 0 Å². The van der Waals surface area contributed by atoms with Crippen molar-refractivity contribution in [3.63, 3.8) is 0 Å². The van der Waals surface area contributed by atoms with E-state index < -0.39 is 11.5 Å². The smallest absolute Gasteiger partial charge is 0.365 e. The zero-order valence-corrected chi connectivity index (χ0v) is 14.4. The van der Waals surface area contributed by atoms with Crippen molar-refractivity contribution in [2.24, 2.45) is 5.41 Å². The molecule has 1 unspecified atom stereocenters. The van der Waals surface area contributed by atoms with Crippen LogP contribution in [-0.4, -0.2) is 22.5 Å². The molecular formula is C18H26N2O3. The maximum atomic E-state index is 12.5. The van der Waals surface area contributed by atoms with Crippen molar-refractivity contribution in [1.82, 2.24) is 5.06 Å². The van der Waals surface area contributed by atoms with E-state index in [1.54, 1.807) is 24.3 Å². The molecule has 1 saturated carbocycles. The minimum absolute atomic E-state index is 0.139.